The van der Waals surface area contributed by atoms with Gasteiger partial charge in [0, 0.05) is 38.1 Å². The van der Waals surface area contributed by atoms with Crippen LogP contribution in [0.15, 0.2) is 18.2 Å². The van der Waals surface area contributed by atoms with Crippen molar-refractivity contribution in [3.8, 4) is 5.75 Å². The maximum absolute atomic E-state index is 11.6. The molecule has 2 aliphatic rings. The van der Waals surface area contributed by atoms with Crippen LogP contribution in [0.2, 0.25) is 0 Å². The van der Waals surface area contributed by atoms with Crippen molar-refractivity contribution < 1.29 is 14.6 Å². The van der Waals surface area contributed by atoms with Gasteiger partial charge < -0.3 is 19.6 Å². The molecule has 0 bridgehead atoms. The summed E-state index contributed by atoms with van der Waals surface area (Å²) in [6.07, 6.45) is 3.37. The largest absolute Gasteiger partial charge is 0.490 e. The number of likely N-dealkylation sites (tertiary alicyclic amines) is 1. The van der Waals surface area contributed by atoms with Gasteiger partial charge in [-0.2, -0.15) is 0 Å². The van der Waals surface area contributed by atoms with Crippen molar-refractivity contribution >= 4 is 6.09 Å². The molecule has 1 unspecified atom stereocenters. The van der Waals surface area contributed by atoms with Crippen LogP contribution in [-0.2, 0) is 6.42 Å². The van der Waals surface area contributed by atoms with Gasteiger partial charge >= 0.3 is 6.09 Å². The van der Waals surface area contributed by atoms with Crippen LogP contribution in [0.25, 0.3) is 0 Å². The smallest absolute Gasteiger partial charge is 0.407 e. The van der Waals surface area contributed by atoms with Crippen molar-refractivity contribution in [3.63, 3.8) is 0 Å². The second-order valence-electron chi connectivity index (χ2n) is 9.11. The second-order valence-corrected chi connectivity index (χ2v) is 9.11. The highest BCUT2D eigenvalue weighted by molar-refractivity contribution is 5.65. The maximum Gasteiger partial charge on any atom is 0.407 e. The summed E-state index contributed by atoms with van der Waals surface area (Å²) in [5, 5.41) is 9.52. The predicted molar refractivity (Wildman–Crippen MR) is 112 cm³/mol. The summed E-state index contributed by atoms with van der Waals surface area (Å²) in [7, 11) is 0. The number of piperidine rings is 1. The van der Waals surface area contributed by atoms with Crippen LogP contribution in [0.3, 0.4) is 0 Å². The Bertz CT molecular complexity index is 666. The average molecular weight is 389 g/mol. The van der Waals surface area contributed by atoms with E-state index in [1.54, 1.807) is 4.90 Å². The van der Waals surface area contributed by atoms with Crippen LogP contribution in [0, 0.1) is 5.92 Å². The molecule has 3 rings (SSSR count). The lowest BCUT2D eigenvalue weighted by Crippen LogP contribution is -2.41. The van der Waals surface area contributed by atoms with Crippen LogP contribution in [0.1, 0.15) is 64.0 Å². The van der Waals surface area contributed by atoms with Gasteiger partial charge in [0.05, 0.1) is 0 Å². The van der Waals surface area contributed by atoms with Gasteiger partial charge in [-0.15, -0.1) is 0 Å². The number of rotatable bonds is 5. The van der Waals surface area contributed by atoms with Crippen LogP contribution in [-0.4, -0.2) is 59.3 Å². The standard InChI is InChI=1S/C23H36N2O3/c1-16(2)13-19-15-25(23(26)27)10-7-18-14-21(5-6-22(18)19)28-20-8-11-24(12-9-20)17(3)4/h5-6,14,16-17,19-20H,7-13,15H2,1-4H3,(H,26,27). The average Bonchev–Trinajstić information content (AvgIpc) is 2.81. The number of hydrogen-bond donors (Lipinski definition) is 1. The molecular formula is C23H36N2O3. The van der Waals surface area contributed by atoms with Crippen LogP contribution in [0.5, 0.6) is 5.75 Å². The Hall–Kier alpha value is -1.75. The SMILES string of the molecule is CC(C)CC1CN(C(=O)O)CCc2cc(OC3CCN(C(C)C)CC3)ccc21. The van der Waals surface area contributed by atoms with E-state index in [0.717, 1.165) is 44.5 Å². The molecule has 1 aromatic carbocycles. The Morgan fingerprint density at radius 2 is 1.89 bits per heavy atom. The highest BCUT2D eigenvalue weighted by Gasteiger charge is 2.27. The molecule has 1 N–H and O–H groups in total. The van der Waals surface area contributed by atoms with Gasteiger partial charge in [-0.1, -0.05) is 19.9 Å². The molecule has 1 fully saturated rings. The quantitative estimate of drug-likeness (QED) is 0.801. The zero-order chi connectivity index (χ0) is 20.3. The Morgan fingerprint density at radius 3 is 2.50 bits per heavy atom. The van der Waals surface area contributed by atoms with Gasteiger partial charge in [-0.3, -0.25) is 0 Å². The number of benzene rings is 1. The van der Waals surface area contributed by atoms with E-state index in [4.69, 9.17) is 4.74 Å². The second kappa shape index (κ2) is 9.17. The van der Waals surface area contributed by atoms with Crippen LogP contribution < -0.4 is 4.74 Å². The Morgan fingerprint density at radius 1 is 1.18 bits per heavy atom. The van der Waals surface area contributed by atoms with E-state index in [1.807, 2.05) is 0 Å². The van der Waals surface area contributed by atoms with Gasteiger partial charge in [-0.05, 0) is 68.7 Å². The summed E-state index contributed by atoms with van der Waals surface area (Å²) in [4.78, 5) is 15.7. The third-order valence-corrected chi connectivity index (χ3v) is 6.18. The Balaban J connectivity index is 1.72. The van der Waals surface area contributed by atoms with Gasteiger partial charge in [-0.25, -0.2) is 4.79 Å². The third kappa shape index (κ3) is 5.19. The number of fused-ring (bicyclic) bond motifs is 1. The first-order chi connectivity index (χ1) is 13.3. The number of nitrogens with zero attached hydrogens (tertiary/aromatic N) is 2. The lowest BCUT2D eigenvalue weighted by Gasteiger charge is -2.34. The molecule has 0 spiro atoms. The minimum absolute atomic E-state index is 0.261. The normalized spacial score (nSPS) is 21.6. The van der Waals surface area contributed by atoms with Crippen molar-refractivity contribution in [2.24, 2.45) is 5.92 Å². The monoisotopic (exact) mass is 388 g/mol. The summed E-state index contributed by atoms with van der Waals surface area (Å²) < 4.78 is 6.32. The molecule has 156 valence electrons. The fraction of sp³-hybridized carbons (Fsp3) is 0.696. The number of carboxylic acid groups (broad SMARTS) is 1. The molecule has 0 aliphatic carbocycles. The van der Waals surface area contributed by atoms with Gasteiger partial charge in [0.15, 0.2) is 0 Å². The molecule has 1 saturated heterocycles. The van der Waals surface area contributed by atoms with E-state index in [9.17, 15) is 9.90 Å². The summed E-state index contributed by atoms with van der Waals surface area (Å²) in [6, 6.07) is 7.05. The van der Waals surface area contributed by atoms with Crippen molar-refractivity contribution in [1.82, 2.24) is 9.80 Å². The Kier molecular flexibility index (Phi) is 6.86. The van der Waals surface area contributed by atoms with Gasteiger partial charge in [0.1, 0.15) is 11.9 Å². The number of carbonyl (C=O) groups is 1. The van der Waals surface area contributed by atoms with E-state index in [-0.39, 0.29) is 12.0 Å². The van der Waals surface area contributed by atoms with Crippen molar-refractivity contribution in [3.05, 3.63) is 29.3 Å². The zero-order valence-electron chi connectivity index (χ0n) is 17.9. The molecule has 0 aromatic heterocycles. The van der Waals surface area contributed by atoms with Crippen molar-refractivity contribution in [2.45, 2.75) is 71.4 Å². The molecule has 2 aliphatic heterocycles. The molecule has 28 heavy (non-hydrogen) atoms. The maximum atomic E-state index is 11.6. The summed E-state index contributed by atoms with van der Waals surface area (Å²) >= 11 is 0. The van der Waals surface area contributed by atoms with Gasteiger partial charge in [0.2, 0.25) is 0 Å². The lowest BCUT2D eigenvalue weighted by atomic mass is 9.87. The molecule has 1 atom stereocenters. The fourth-order valence-corrected chi connectivity index (χ4v) is 4.63. The minimum atomic E-state index is -0.810. The number of amides is 1. The fourth-order valence-electron chi connectivity index (χ4n) is 4.63. The summed E-state index contributed by atoms with van der Waals surface area (Å²) in [5.41, 5.74) is 2.56. The lowest BCUT2D eigenvalue weighted by molar-refractivity contribution is 0.0842. The Labute approximate surface area is 169 Å². The van der Waals surface area contributed by atoms with Gasteiger partial charge in [0.25, 0.3) is 0 Å². The molecule has 0 radical (unpaired) electrons. The predicted octanol–water partition coefficient (Wildman–Crippen LogP) is 4.60. The molecule has 0 saturated carbocycles. The first-order valence-electron chi connectivity index (χ1n) is 10.8. The van der Waals surface area contributed by atoms with E-state index in [0.29, 0.717) is 25.0 Å². The van der Waals surface area contributed by atoms with E-state index >= 15 is 0 Å². The topological polar surface area (TPSA) is 53.0 Å². The van der Waals surface area contributed by atoms with Crippen molar-refractivity contribution in [2.75, 3.05) is 26.2 Å². The molecule has 2 heterocycles. The highest BCUT2D eigenvalue weighted by Crippen LogP contribution is 2.33. The highest BCUT2D eigenvalue weighted by atomic mass is 16.5. The molecule has 1 aromatic rings. The van der Waals surface area contributed by atoms with E-state index < -0.39 is 6.09 Å². The van der Waals surface area contributed by atoms with E-state index in [1.165, 1.54) is 11.1 Å². The van der Waals surface area contributed by atoms with Crippen molar-refractivity contribution in [1.29, 1.82) is 0 Å². The molecule has 5 nitrogen and oxygen atoms in total. The summed E-state index contributed by atoms with van der Waals surface area (Å²) in [5.74, 6) is 1.74. The molecular weight excluding hydrogens is 352 g/mol. The first kappa shape index (κ1) is 21.0. The zero-order valence-corrected chi connectivity index (χ0v) is 17.9. The third-order valence-electron chi connectivity index (χ3n) is 6.18. The molecule has 1 amide bonds. The first-order valence-corrected chi connectivity index (χ1v) is 10.8. The number of hydrogen-bond acceptors (Lipinski definition) is 3. The minimum Gasteiger partial charge on any atom is -0.490 e. The molecule has 5 heteroatoms. The van der Waals surface area contributed by atoms with Crippen LogP contribution >= 0.6 is 0 Å². The summed E-state index contributed by atoms with van der Waals surface area (Å²) in [6.45, 7) is 12.3. The van der Waals surface area contributed by atoms with Crippen LogP contribution in [0.4, 0.5) is 4.79 Å². The van der Waals surface area contributed by atoms with E-state index in [2.05, 4.69) is 50.8 Å². The number of ether oxygens (including phenoxy) is 1.